The molecule has 2 N–H and O–H groups in total. The van der Waals surface area contributed by atoms with Crippen LogP contribution in [0.2, 0.25) is 0 Å². The topological polar surface area (TPSA) is 74.3 Å². The van der Waals surface area contributed by atoms with Gasteiger partial charge in [0.15, 0.2) is 0 Å². The van der Waals surface area contributed by atoms with Gasteiger partial charge in [-0.15, -0.1) is 0 Å². The smallest absolute Gasteiger partial charge is 0.329 e. The highest BCUT2D eigenvalue weighted by atomic mass is 16.5. The monoisotopic (exact) mass is 474 g/mol. The van der Waals surface area contributed by atoms with Crippen LogP contribution in [0.1, 0.15) is 62.4 Å². The molecular weight excluding hydrogens is 436 g/mol. The summed E-state index contributed by atoms with van der Waals surface area (Å²) in [6.45, 7) is 16.3. The van der Waals surface area contributed by atoms with E-state index in [1.54, 1.807) is 11.5 Å². The van der Waals surface area contributed by atoms with E-state index in [4.69, 9.17) is 10.5 Å². The van der Waals surface area contributed by atoms with Crippen LogP contribution < -0.4 is 11.3 Å². The zero-order valence-electron chi connectivity index (χ0n) is 22.3. The van der Waals surface area contributed by atoms with Crippen LogP contribution in [0.3, 0.4) is 0 Å². The van der Waals surface area contributed by atoms with Crippen LogP contribution in [0.25, 0.3) is 22.4 Å². The Morgan fingerprint density at radius 2 is 1.57 bits per heavy atom. The summed E-state index contributed by atoms with van der Waals surface area (Å²) >= 11 is 0. The number of esters is 1. The van der Waals surface area contributed by atoms with Crippen molar-refractivity contribution in [2.24, 2.45) is 5.41 Å². The molecule has 186 valence electrons. The van der Waals surface area contributed by atoms with Gasteiger partial charge in [0.2, 0.25) is 0 Å². The molecule has 1 heterocycles. The van der Waals surface area contributed by atoms with Crippen molar-refractivity contribution in [3.63, 3.8) is 0 Å². The fraction of sp³-hybridized carbons (Fsp3) is 0.400. The Kier molecular flexibility index (Phi) is 7.59. The summed E-state index contributed by atoms with van der Waals surface area (Å²) in [4.78, 5) is 27.2. The highest BCUT2D eigenvalue weighted by molar-refractivity contribution is 5.86. The molecule has 1 unspecified atom stereocenters. The minimum Gasteiger partial charge on any atom is -0.464 e. The molecule has 5 nitrogen and oxygen atoms in total. The van der Waals surface area contributed by atoms with Crippen LogP contribution in [-0.2, 0) is 9.53 Å². The van der Waals surface area contributed by atoms with Gasteiger partial charge in [0.25, 0.3) is 5.56 Å². The lowest BCUT2D eigenvalue weighted by Gasteiger charge is -2.30. The largest absolute Gasteiger partial charge is 0.464 e. The molecule has 5 heteroatoms. The van der Waals surface area contributed by atoms with E-state index < -0.39 is 12.0 Å². The first-order valence-corrected chi connectivity index (χ1v) is 12.2. The summed E-state index contributed by atoms with van der Waals surface area (Å²) in [5.74, 6) is -0.421. The Bertz CT molecular complexity index is 1300. The van der Waals surface area contributed by atoms with Crippen molar-refractivity contribution in [2.75, 3.05) is 12.3 Å². The van der Waals surface area contributed by atoms with Crippen LogP contribution in [-0.4, -0.2) is 17.1 Å². The van der Waals surface area contributed by atoms with Gasteiger partial charge in [-0.25, -0.2) is 4.79 Å². The highest BCUT2D eigenvalue weighted by Crippen LogP contribution is 2.38. The lowest BCUT2D eigenvalue weighted by atomic mass is 9.86. The minimum atomic E-state index is -0.798. The normalized spacial score (nSPS) is 12.5. The summed E-state index contributed by atoms with van der Waals surface area (Å²) in [6, 6.07) is 13.3. The van der Waals surface area contributed by atoms with Gasteiger partial charge >= 0.3 is 5.97 Å². The van der Waals surface area contributed by atoms with Gasteiger partial charge in [0, 0.05) is 5.56 Å². The van der Waals surface area contributed by atoms with E-state index in [0.29, 0.717) is 17.7 Å². The Morgan fingerprint density at radius 3 is 2.11 bits per heavy atom. The van der Waals surface area contributed by atoms with Crippen molar-refractivity contribution in [3.05, 3.63) is 75.1 Å². The highest BCUT2D eigenvalue weighted by Gasteiger charge is 2.33. The third-order valence-corrected chi connectivity index (χ3v) is 6.49. The molecule has 0 spiro atoms. The molecule has 0 saturated carbocycles. The second kappa shape index (κ2) is 10.1. The van der Waals surface area contributed by atoms with E-state index in [1.165, 1.54) is 5.56 Å². The van der Waals surface area contributed by atoms with Crippen molar-refractivity contribution >= 4 is 11.7 Å². The second-order valence-corrected chi connectivity index (χ2v) is 10.6. The lowest BCUT2D eigenvalue weighted by Crippen LogP contribution is -2.36. The van der Waals surface area contributed by atoms with E-state index in [2.05, 4.69) is 33.8 Å². The van der Waals surface area contributed by atoms with Gasteiger partial charge in [-0.1, -0.05) is 68.8 Å². The maximum Gasteiger partial charge on any atom is 0.329 e. The molecule has 1 aromatic heterocycles. The summed E-state index contributed by atoms with van der Waals surface area (Å²) in [7, 11) is 0. The molecule has 2 aromatic carbocycles. The third kappa shape index (κ3) is 5.50. The zero-order valence-corrected chi connectivity index (χ0v) is 22.3. The summed E-state index contributed by atoms with van der Waals surface area (Å²) in [5.41, 5.74) is 13.5. The standard InChI is InChI=1S/C30H38N2O3/c1-9-35-29(34)24(17-30(6,7)8)32-27(22-13-10-18(2)11-14-22)21(5)25(26(31)28(32)33)23-15-12-19(3)20(4)16-23/h10-16,24H,9,17,31H2,1-8H3. The molecule has 35 heavy (non-hydrogen) atoms. The molecule has 0 fully saturated rings. The van der Waals surface area contributed by atoms with Crippen molar-refractivity contribution in [3.8, 4) is 22.4 Å². The molecule has 0 saturated heterocycles. The van der Waals surface area contributed by atoms with Crippen molar-refractivity contribution in [1.29, 1.82) is 0 Å². The molecule has 0 aliphatic rings. The van der Waals surface area contributed by atoms with E-state index in [1.807, 2.05) is 57.2 Å². The molecule has 3 aromatic rings. The Labute approximate surface area is 208 Å². The van der Waals surface area contributed by atoms with E-state index >= 15 is 0 Å². The van der Waals surface area contributed by atoms with Gasteiger partial charge in [-0.3, -0.25) is 9.36 Å². The maximum atomic E-state index is 14.0. The van der Waals surface area contributed by atoms with Crippen molar-refractivity contribution in [2.45, 2.75) is 67.9 Å². The summed E-state index contributed by atoms with van der Waals surface area (Å²) in [5, 5.41) is 0. The maximum absolute atomic E-state index is 14.0. The number of hydrogen-bond acceptors (Lipinski definition) is 4. The number of carbonyl (C=O) groups is 1. The zero-order chi connectivity index (χ0) is 26.1. The molecule has 0 bridgehead atoms. The predicted octanol–water partition coefficient (Wildman–Crippen LogP) is 6.54. The number of aryl methyl sites for hydroxylation is 3. The molecule has 0 aliphatic heterocycles. The number of pyridine rings is 1. The molecular formula is C30H38N2O3. The third-order valence-electron chi connectivity index (χ3n) is 6.49. The van der Waals surface area contributed by atoms with Gasteiger partial charge in [-0.05, 0) is 74.3 Å². The molecule has 1 atom stereocenters. The lowest BCUT2D eigenvalue weighted by molar-refractivity contribution is -0.148. The number of carbonyl (C=O) groups excluding carboxylic acids is 1. The number of aromatic nitrogens is 1. The average Bonchev–Trinajstić information content (AvgIpc) is 2.77. The first-order chi connectivity index (χ1) is 16.4. The SMILES string of the molecule is CCOC(=O)C(CC(C)(C)C)n1c(-c2ccc(C)cc2)c(C)c(-c2ccc(C)c(C)c2)c(N)c1=O. The van der Waals surface area contributed by atoms with Crippen LogP contribution in [0, 0.1) is 33.1 Å². The van der Waals surface area contributed by atoms with E-state index in [-0.39, 0.29) is 23.3 Å². The fourth-order valence-electron chi connectivity index (χ4n) is 4.57. The number of nitrogens with two attached hydrogens (primary N) is 1. The average molecular weight is 475 g/mol. The Morgan fingerprint density at radius 1 is 0.971 bits per heavy atom. The molecule has 0 radical (unpaired) electrons. The van der Waals surface area contributed by atoms with Crippen LogP contribution in [0.5, 0.6) is 0 Å². The Hall–Kier alpha value is -3.34. The number of rotatable bonds is 6. The Balaban J connectivity index is 2.44. The second-order valence-electron chi connectivity index (χ2n) is 10.6. The van der Waals surface area contributed by atoms with Gasteiger partial charge in [-0.2, -0.15) is 0 Å². The quantitative estimate of drug-likeness (QED) is 0.412. The number of nitrogen functional groups attached to an aromatic ring is 1. The summed E-state index contributed by atoms with van der Waals surface area (Å²) in [6.07, 6.45) is 0.437. The van der Waals surface area contributed by atoms with Crippen LogP contribution >= 0.6 is 0 Å². The number of ether oxygens (including phenoxy) is 1. The van der Waals surface area contributed by atoms with Gasteiger partial charge in [0.05, 0.1) is 12.3 Å². The first kappa shape index (κ1) is 26.3. The summed E-state index contributed by atoms with van der Waals surface area (Å²) < 4.78 is 7.03. The molecule has 0 aliphatic carbocycles. The van der Waals surface area contributed by atoms with Gasteiger partial charge < -0.3 is 10.5 Å². The first-order valence-electron chi connectivity index (χ1n) is 12.2. The van der Waals surface area contributed by atoms with Crippen molar-refractivity contribution < 1.29 is 9.53 Å². The number of nitrogens with zero attached hydrogens (tertiary/aromatic N) is 1. The van der Waals surface area contributed by atoms with E-state index in [9.17, 15) is 9.59 Å². The minimum absolute atomic E-state index is 0.143. The van der Waals surface area contributed by atoms with E-state index in [0.717, 1.165) is 27.8 Å². The number of benzene rings is 2. The van der Waals surface area contributed by atoms with Crippen LogP contribution in [0.15, 0.2) is 47.3 Å². The fourth-order valence-corrected chi connectivity index (χ4v) is 4.57. The van der Waals surface area contributed by atoms with Crippen LogP contribution in [0.4, 0.5) is 5.69 Å². The van der Waals surface area contributed by atoms with Gasteiger partial charge in [0.1, 0.15) is 11.7 Å². The molecule has 0 amide bonds. The predicted molar refractivity (Wildman–Crippen MR) is 145 cm³/mol. The molecule has 3 rings (SSSR count). The number of anilines is 1. The number of hydrogen-bond donors (Lipinski definition) is 1. The van der Waals surface area contributed by atoms with Crippen molar-refractivity contribution in [1.82, 2.24) is 4.57 Å².